The number of hydrogen-bond donors (Lipinski definition) is 2. The summed E-state index contributed by atoms with van der Waals surface area (Å²) in [7, 11) is 1.82. The first-order valence-electron chi connectivity index (χ1n) is 9.47. The van der Waals surface area contributed by atoms with Crippen molar-refractivity contribution in [3.8, 4) is 0 Å². The van der Waals surface area contributed by atoms with E-state index in [-0.39, 0.29) is 6.54 Å². The predicted molar refractivity (Wildman–Crippen MR) is 110 cm³/mol. The Morgan fingerprint density at radius 3 is 2.48 bits per heavy atom. The molecular formula is C22H26N4O3. The lowest BCUT2D eigenvalue weighted by Crippen LogP contribution is -2.50. The van der Waals surface area contributed by atoms with Crippen LogP contribution >= 0.6 is 0 Å². The number of carbonyl (C=O) groups excluding carboxylic acids is 3. The molecule has 29 heavy (non-hydrogen) atoms. The molecule has 2 aromatic carbocycles. The maximum Gasteiger partial charge on any atom is 0.344 e. The van der Waals surface area contributed by atoms with Crippen LogP contribution < -0.4 is 10.7 Å². The summed E-state index contributed by atoms with van der Waals surface area (Å²) in [5.74, 6) is -0.947. The van der Waals surface area contributed by atoms with Crippen LogP contribution in [0.3, 0.4) is 0 Å². The number of hydrogen-bond acceptors (Lipinski definition) is 4. The van der Waals surface area contributed by atoms with E-state index in [4.69, 9.17) is 0 Å². The predicted octanol–water partition coefficient (Wildman–Crippen LogP) is 2.23. The summed E-state index contributed by atoms with van der Waals surface area (Å²) in [5.41, 5.74) is 5.34. The zero-order valence-electron chi connectivity index (χ0n) is 17.2. The third kappa shape index (κ3) is 4.30. The van der Waals surface area contributed by atoms with Crippen LogP contribution in [0.4, 0.5) is 4.79 Å². The van der Waals surface area contributed by atoms with Crippen molar-refractivity contribution in [3.63, 3.8) is 0 Å². The van der Waals surface area contributed by atoms with Crippen molar-refractivity contribution < 1.29 is 14.4 Å². The number of amides is 4. The van der Waals surface area contributed by atoms with Gasteiger partial charge in [-0.3, -0.25) is 19.9 Å². The number of imide groups is 1. The fourth-order valence-corrected chi connectivity index (χ4v) is 3.48. The van der Waals surface area contributed by atoms with Crippen molar-refractivity contribution in [1.29, 1.82) is 0 Å². The van der Waals surface area contributed by atoms with Crippen molar-refractivity contribution in [2.75, 3.05) is 13.6 Å². The number of rotatable bonds is 6. The molecule has 0 aromatic heterocycles. The summed E-state index contributed by atoms with van der Waals surface area (Å²) < 4.78 is 0. The quantitative estimate of drug-likeness (QED) is 0.737. The van der Waals surface area contributed by atoms with E-state index in [1.807, 2.05) is 44.0 Å². The number of likely N-dealkylation sites (N-methyl/N-ethyl adjacent to an activating group) is 1. The second-order valence-corrected chi connectivity index (χ2v) is 7.70. The van der Waals surface area contributed by atoms with Crippen LogP contribution in [0.25, 0.3) is 0 Å². The molecule has 3 rings (SSSR count). The van der Waals surface area contributed by atoms with Gasteiger partial charge in [0.15, 0.2) is 0 Å². The van der Waals surface area contributed by atoms with E-state index < -0.39 is 23.4 Å². The van der Waals surface area contributed by atoms with E-state index in [0.29, 0.717) is 12.1 Å². The number of carbonyl (C=O) groups is 3. The van der Waals surface area contributed by atoms with Crippen LogP contribution in [0, 0.1) is 13.8 Å². The first-order valence-corrected chi connectivity index (χ1v) is 9.47. The molecule has 1 atom stereocenters. The standard InChI is InChI=1S/C22H26N4O3/c1-15-10-11-17(16(2)12-15)13-25(4)14-19(27)24-26-20(28)22(3,23-21(26)29)18-8-6-5-7-9-18/h5-12H,13-14H2,1-4H3,(H,23,29)(H,24,27)/t22-/m0/s1. The third-order valence-electron chi connectivity index (χ3n) is 5.13. The highest BCUT2D eigenvalue weighted by atomic mass is 16.2. The zero-order valence-corrected chi connectivity index (χ0v) is 17.2. The van der Waals surface area contributed by atoms with Gasteiger partial charge in [-0.15, -0.1) is 0 Å². The Kier molecular flexibility index (Phi) is 5.70. The number of aryl methyl sites for hydroxylation is 2. The number of nitrogens with one attached hydrogen (secondary N) is 2. The van der Waals surface area contributed by atoms with Gasteiger partial charge >= 0.3 is 6.03 Å². The third-order valence-corrected chi connectivity index (χ3v) is 5.13. The molecule has 1 aliphatic rings. The highest BCUT2D eigenvalue weighted by molar-refractivity contribution is 6.08. The SMILES string of the molecule is Cc1ccc(CN(C)CC(=O)NN2C(=O)N[C@@](C)(c3ccccc3)C2=O)c(C)c1. The molecule has 4 amide bonds. The van der Waals surface area contributed by atoms with Crippen LogP contribution in [0.5, 0.6) is 0 Å². The largest absolute Gasteiger partial charge is 0.344 e. The molecule has 1 fully saturated rings. The molecule has 2 N–H and O–H groups in total. The van der Waals surface area contributed by atoms with Crippen LogP contribution in [-0.2, 0) is 21.7 Å². The van der Waals surface area contributed by atoms with Crippen molar-refractivity contribution >= 4 is 17.8 Å². The minimum atomic E-state index is -1.21. The van der Waals surface area contributed by atoms with Gasteiger partial charge in [-0.1, -0.05) is 54.1 Å². The molecule has 0 saturated carbocycles. The minimum absolute atomic E-state index is 0.0480. The molecule has 0 unspecified atom stereocenters. The summed E-state index contributed by atoms with van der Waals surface area (Å²) in [6, 6.07) is 14.5. The van der Waals surface area contributed by atoms with Crippen molar-refractivity contribution in [1.82, 2.24) is 20.7 Å². The molecule has 1 saturated heterocycles. The Balaban J connectivity index is 1.63. The van der Waals surface area contributed by atoms with Gasteiger partial charge in [0.1, 0.15) is 5.54 Å². The van der Waals surface area contributed by atoms with E-state index in [2.05, 4.69) is 16.8 Å². The molecule has 1 aliphatic heterocycles. The van der Waals surface area contributed by atoms with Crippen LogP contribution in [0.1, 0.15) is 29.2 Å². The first-order chi connectivity index (χ1) is 13.7. The van der Waals surface area contributed by atoms with Crippen molar-refractivity contribution in [3.05, 3.63) is 70.8 Å². The molecule has 152 valence electrons. The van der Waals surface area contributed by atoms with Gasteiger partial charge in [0.05, 0.1) is 6.54 Å². The Labute approximate surface area is 170 Å². The van der Waals surface area contributed by atoms with E-state index in [9.17, 15) is 14.4 Å². The van der Waals surface area contributed by atoms with E-state index in [1.165, 1.54) is 5.56 Å². The van der Waals surface area contributed by atoms with E-state index in [1.54, 1.807) is 31.2 Å². The molecule has 1 heterocycles. The Hall–Kier alpha value is -3.19. The normalized spacial score (nSPS) is 18.9. The average Bonchev–Trinajstić information content (AvgIpc) is 2.89. The fraction of sp³-hybridized carbons (Fsp3) is 0.318. The lowest BCUT2D eigenvalue weighted by atomic mass is 9.92. The van der Waals surface area contributed by atoms with E-state index >= 15 is 0 Å². The molecule has 2 aromatic rings. The topological polar surface area (TPSA) is 81.8 Å². The summed E-state index contributed by atoms with van der Waals surface area (Å²) in [4.78, 5) is 39.5. The fourth-order valence-electron chi connectivity index (χ4n) is 3.48. The molecule has 7 heteroatoms. The highest BCUT2D eigenvalue weighted by Crippen LogP contribution is 2.27. The van der Waals surface area contributed by atoms with Crippen LogP contribution in [0.2, 0.25) is 0 Å². The lowest BCUT2D eigenvalue weighted by molar-refractivity contribution is -0.139. The van der Waals surface area contributed by atoms with Gasteiger partial charge in [-0.2, -0.15) is 5.01 Å². The minimum Gasteiger partial charge on any atom is -0.318 e. The summed E-state index contributed by atoms with van der Waals surface area (Å²) in [5, 5.41) is 3.43. The van der Waals surface area contributed by atoms with E-state index in [0.717, 1.165) is 16.1 Å². The monoisotopic (exact) mass is 394 g/mol. The Bertz CT molecular complexity index is 944. The van der Waals surface area contributed by atoms with Gasteiger partial charge in [-0.05, 0) is 44.5 Å². The summed E-state index contributed by atoms with van der Waals surface area (Å²) in [6.45, 7) is 6.33. The summed E-state index contributed by atoms with van der Waals surface area (Å²) >= 11 is 0. The van der Waals surface area contributed by atoms with Gasteiger partial charge < -0.3 is 5.32 Å². The van der Waals surface area contributed by atoms with Gasteiger partial charge in [0.2, 0.25) is 0 Å². The van der Waals surface area contributed by atoms with Gasteiger partial charge in [-0.25, -0.2) is 4.79 Å². The highest BCUT2D eigenvalue weighted by Gasteiger charge is 2.49. The Morgan fingerprint density at radius 2 is 1.83 bits per heavy atom. The van der Waals surface area contributed by atoms with Gasteiger partial charge in [0.25, 0.3) is 11.8 Å². The first kappa shape index (κ1) is 20.5. The molecule has 0 aliphatic carbocycles. The molecule has 0 spiro atoms. The number of benzene rings is 2. The number of nitrogens with zero attached hydrogens (tertiary/aromatic N) is 2. The molecular weight excluding hydrogens is 368 g/mol. The summed E-state index contributed by atoms with van der Waals surface area (Å²) in [6.07, 6.45) is 0. The maximum atomic E-state index is 12.8. The van der Waals surface area contributed by atoms with Crippen molar-refractivity contribution in [2.24, 2.45) is 0 Å². The molecule has 0 radical (unpaired) electrons. The number of urea groups is 1. The maximum absolute atomic E-state index is 12.8. The second kappa shape index (κ2) is 8.05. The van der Waals surface area contributed by atoms with Crippen LogP contribution in [0.15, 0.2) is 48.5 Å². The average molecular weight is 394 g/mol. The Morgan fingerprint density at radius 1 is 1.14 bits per heavy atom. The molecule has 7 nitrogen and oxygen atoms in total. The smallest absolute Gasteiger partial charge is 0.318 e. The zero-order chi connectivity index (χ0) is 21.2. The van der Waals surface area contributed by atoms with Crippen molar-refractivity contribution in [2.45, 2.75) is 32.9 Å². The molecule has 0 bridgehead atoms. The number of hydrazine groups is 1. The van der Waals surface area contributed by atoms with Gasteiger partial charge in [0, 0.05) is 6.54 Å². The van der Waals surface area contributed by atoms with Crippen LogP contribution in [-0.4, -0.2) is 41.3 Å². The lowest BCUT2D eigenvalue weighted by Gasteiger charge is -2.23. The second-order valence-electron chi connectivity index (χ2n) is 7.70.